The zero-order valence-electron chi connectivity index (χ0n) is 25.0. The molecule has 2 heterocycles. The maximum Gasteiger partial charge on any atom is 0.422 e. The molecular weight excluding hydrogens is 646 g/mol. The molecule has 0 N–H and O–H groups in total. The van der Waals surface area contributed by atoms with Gasteiger partial charge in [0.05, 0.1) is 45.3 Å². The molecule has 1 fully saturated rings. The highest BCUT2D eigenvalue weighted by molar-refractivity contribution is 5.91. The van der Waals surface area contributed by atoms with Crippen LogP contribution in [0.3, 0.4) is 0 Å². The molecule has 0 amide bonds. The lowest BCUT2D eigenvalue weighted by Crippen LogP contribution is -2.56. The first-order chi connectivity index (χ1) is 23.6. The fourth-order valence-electron chi connectivity index (χ4n) is 5.25. The predicted molar refractivity (Wildman–Crippen MR) is 166 cm³/mol. The summed E-state index contributed by atoms with van der Waals surface area (Å²) in [5.41, 5.74) is -2.40. The summed E-state index contributed by atoms with van der Waals surface area (Å²) >= 11 is 0. The molecule has 0 spiro atoms. The number of aromatic nitrogens is 1. The van der Waals surface area contributed by atoms with Crippen LogP contribution in [0.1, 0.15) is 37.3 Å². The van der Waals surface area contributed by atoms with E-state index >= 15 is 0 Å². The van der Waals surface area contributed by atoms with Crippen molar-refractivity contribution in [3.8, 4) is 0 Å². The molecule has 5 aromatic rings. The molecule has 1 aliphatic heterocycles. The van der Waals surface area contributed by atoms with Crippen LogP contribution in [0.4, 0.5) is 11.4 Å². The van der Waals surface area contributed by atoms with Crippen molar-refractivity contribution in [2.75, 3.05) is 6.61 Å². The van der Waals surface area contributed by atoms with E-state index in [1.807, 2.05) is 0 Å². The van der Waals surface area contributed by atoms with Crippen LogP contribution < -0.4 is 5.76 Å². The monoisotopic (exact) mass is 669 g/mol. The number of carbonyl (C=O) groups excluding carboxylic acids is 3. The van der Waals surface area contributed by atoms with Gasteiger partial charge < -0.3 is 23.4 Å². The van der Waals surface area contributed by atoms with Crippen LogP contribution in [-0.2, 0) is 18.9 Å². The van der Waals surface area contributed by atoms with E-state index in [4.69, 9.17) is 23.4 Å². The summed E-state index contributed by atoms with van der Waals surface area (Å²) in [7, 11) is 0. The van der Waals surface area contributed by atoms with Gasteiger partial charge in [0.25, 0.3) is 0 Å². The Morgan fingerprint density at radius 2 is 1.12 bits per heavy atom. The van der Waals surface area contributed by atoms with Crippen molar-refractivity contribution in [2.24, 2.45) is 0 Å². The minimum absolute atomic E-state index is 0.0495. The third-order valence-electron chi connectivity index (χ3n) is 7.53. The van der Waals surface area contributed by atoms with Crippen molar-refractivity contribution in [2.45, 2.75) is 24.5 Å². The predicted octanol–water partition coefficient (Wildman–Crippen LogP) is 4.62. The zero-order valence-corrected chi connectivity index (χ0v) is 25.0. The highest BCUT2D eigenvalue weighted by Crippen LogP contribution is 2.37. The highest BCUT2D eigenvalue weighted by atomic mass is 16.7. The second kappa shape index (κ2) is 13.6. The summed E-state index contributed by atoms with van der Waals surface area (Å²) in [6, 6.07) is 24.6. The zero-order chi connectivity index (χ0) is 34.7. The largest absolute Gasteiger partial charge is 0.452 e. The number of esters is 3. The van der Waals surface area contributed by atoms with Gasteiger partial charge in [-0.25, -0.2) is 23.7 Å². The van der Waals surface area contributed by atoms with E-state index < -0.39 is 81.6 Å². The standard InChI is InChI=1S/C33H23N3O13/c37-30(19-10-4-1-5-11-19)46-26-18-45-29(34-24-16-22(35(41)42)23(36(43)44)17-25(24)47-33(34)40)28(49-32(39)21-14-8-3-9-15-21)27(26)48-31(38)20-12-6-2-7-13-20/h1-17,26-29H,18H2/t26-,27-,28-,29+/m1/s1. The highest BCUT2D eigenvalue weighted by Gasteiger charge is 2.50. The number of nitro groups is 2. The van der Waals surface area contributed by atoms with Gasteiger partial charge >= 0.3 is 35.0 Å². The lowest BCUT2D eigenvalue weighted by Gasteiger charge is -2.40. The third kappa shape index (κ3) is 6.61. The number of carbonyl (C=O) groups is 3. The van der Waals surface area contributed by atoms with Gasteiger partial charge in [-0.2, -0.15) is 0 Å². The number of hydrogen-bond acceptors (Lipinski definition) is 13. The molecule has 1 saturated heterocycles. The average Bonchev–Trinajstić information content (AvgIpc) is 3.44. The molecular formula is C33H23N3O13. The van der Waals surface area contributed by atoms with Crippen LogP contribution in [0.15, 0.2) is 112 Å². The van der Waals surface area contributed by atoms with E-state index in [1.54, 1.807) is 54.6 Å². The summed E-state index contributed by atoms with van der Waals surface area (Å²) in [6.07, 6.45) is -6.55. The number of rotatable bonds is 9. The second-order valence-electron chi connectivity index (χ2n) is 10.6. The summed E-state index contributed by atoms with van der Waals surface area (Å²) in [6.45, 7) is -0.538. The number of oxazole rings is 1. The van der Waals surface area contributed by atoms with Crippen molar-refractivity contribution < 1.29 is 47.6 Å². The Bertz CT molecular complexity index is 2110. The lowest BCUT2D eigenvalue weighted by molar-refractivity contribution is -0.422. The molecule has 0 saturated carbocycles. The van der Waals surface area contributed by atoms with Gasteiger partial charge in [0.1, 0.15) is 5.52 Å². The summed E-state index contributed by atoms with van der Waals surface area (Å²) < 4.78 is 29.3. The minimum atomic E-state index is -1.77. The molecule has 6 rings (SSSR count). The molecule has 16 heteroatoms. The SMILES string of the molecule is O=C(O[C@@H]1[C@H](OC(=O)c2ccccc2)[C@H](OC(=O)c2ccccc2)CO[C@@H]1n1c(=O)oc2cc([N+](=O)[O-])c([N+](=O)[O-])cc21)c1ccccc1. The number of nitrogens with zero attached hydrogens (tertiary/aromatic N) is 3. The molecule has 0 bridgehead atoms. The number of fused-ring (bicyclic) bond motifs is 1. The van der Waals surface area contributed by atoms with Gasteiger partial charge in [-0.15, -0.1) is 0 Å². The van der Waals surface area contributed by atoms with Crippen molar-refractivity contribution in [3.05, 3.63) is 151 Å². The fourth-order valence-corrected chi connectivity index (χ4v) is 5.25. The van der Waals surface area contributed by atoms with Gasteiger partial charge in [0.2, 0.25) is 0 Å². The van der Waals surface area contributed by atoms with Gasteiger partial charge in [0, 0.05) is 0 Å². The van der Waals surface area contributed by atoms with Gasteiger partial charge in [0.15, 0.2) is 30.1 Å². The van der Waals surface area contributed by atoms with Crippen molar-refractivity contribution in [3.63, 3.8) is 0 Å². The molecule has 1 aromatic heterocycles. The number of hydrogen-bond donors (Lipinski definition) is 0. The number of ether oxygens (including phenoxy) is 4. The maximum absolute atomic E-state index is 13.5. The average molecular weight is 670 g/mol. The molecule has 4 atom stereocenters. The summed E-state index contributed by atoms with van der Waals surface area (Å²) in [5.74, 6) is -3.92. The first-order valence-electron chi connectivity index (χ1n) is 14.5. The normalized spacial score (nSPS) is 18.7. The van der Waals surface area contributed by atoms with Crippen LogP contribution in [0.2, 0.25) is 0 Å². The number of benzene rings is 4. The molecule has 16 nitrogen and oxygen atoms in total. The Morgan fingerprint density at radius 1 is 0.673 bits per heavy atom. The molecule has 0 aliphatic carbocycles. The fraction of sp³-hybridized carbons (Fsp3) is 0.152. The molecule has 4 aromatic carbocycles. The van der Waals surface area contributed by atoms with Crippen LogP contribution in [0, 0.1) is 20.2 Å². The minimum Gasteiger partial charge on any atom is -0.452 e. The van der Waals surface area contributed by atoms with E-state index in [2.05, 4.69) is 0 Å². The Kier molecular flexibility index (Phi) is 8.95. The van der Waals surface area contributed by atoms with Gasteiger partial charge in [-0.05, 0) is 36.4 Å². The Hall–Kier alpha value is -6.68. The number of nitro benzene ring substituents is 2. The van der Waals surface area contributed by atoms with E-state index in [0.717, 1.165) is 10.6 Å². The van der Waals surface area contributed by atoms with Gasteiger partial charge in [-0.1, -0.05) is 54.6 Å². The smallest absolute Gasteiger partial charge is 0.422 e. The maximum atomic E-state index is 13.5. The Morgan fingerprint density at radius 3 is 1.61 bits per heavy atom. The van der Waals surface area contributed by atoms with Crippen molar-refractivity contribution >= 4 is 40.4 Å². The summed E-state index contributed by atoms with van der Waals surface area (Å²) in [5, 5.41) is 23.3. The Balaban J connectivity index is 1.48. The van der Waals surface area contributed by atoms with Crippen molar-refractivity contribution in [1.29, 1.82) is 0 Å². The van der Waals surface area contributed by atoms with E-state index in [-0.39, 0.29) is 22.2 Å². The van der Waals surface area contributed by atoms with Crippen LogP contribution >= 0.6 is 0 Å². The van der Waals surface area contributed by atoms with E-state index in [0.29, 0.717) is 6.07 Å². The quantitative estimate of drug-likeness (QED) is 0.0909. The summed E-state index contributed by atoms with van der Waals surface area (Å²) in [4.78, 5) is 74.8. The molecule has 0 unspecified atom stereocenters. The van der Waals surface area contributed by atoms with E-state index in [9.17, 15) is 39.4 Å². The van der Waals surface area contributed by atoms with Crippen LogP contribution in [0.25, 0.3) is 11.1 Å². The second-order valence-corrected chi connectivity index (χ2v) is 10.6. The Labute approximate surface area is 274 Å². The molecule has 1 aliphatic rings. The molecule has 49 heavy (non-hydrogen) atoms. The first-order valence-corrected chi connectivity index (χ1v) is 14.5. The van der Waals surface area contributed by atoms with Gasteiger partial charge in [-0.3, -0.25) is 20.2 Å². The lowest BCUT2D eigenvalue weighted by atomic mass is 10.0. The van der Waals surface area contributed by atoms with Crippen LogP contribution in [0.5, 0.6) is 0 Å². The molecule has 0 radical (unpaired) electrons. The molecule has 248 valence electrons. The first kappa shape index (κ1) is 32.3. The topological polar surface area (TPSA) is 210 Å². The van der Waals surface area contributed by atoms with Crippen molar-refractivity contribution in [1.82, 2.24) is 4.57 Å². The van der Waals surface area contributed by atoms with E-state index in [1.165, 1.54) is 36.4 Å². The van der Waals surface area contributed by atoms with Crippen LogP contribution in [-0.4, -0.2) is 57.2 Å². The third-order valence-corrected chi connectivity index (χ3v) is 7.53.